The summed E-state index contributed by atoms with van der Waals surface area (Å²) < 4.78 is 69.3. The van der Waals surface area contributed by atoms with Crippen LogP contribution in [0.2, 0.25) is 0 Å². The Labute approximate surface area is 164 Å². The number of halogens is 3. The average molecular weight is 427 g/mol. The number of hydrogen-bond donors (Lipinski definition) is 1. The van der Waals surface area contributed by atoms with E-state index in [0.717, 1.165) is 0 Å². The second-order valence-electron chi connectivity index (χ2n) is 6.22. The first-order chi connectivity index (χ1) is 13.5. The lowest BCUT2D eigenvalue weighted by molar-refractivity contribution is -0.153. The van der Waals surface area contributed by atoms with Crippen LogP contribution in [0.25, 0.3) is 0 Å². The largest absolute Gasteiger partial charge is 0.484 e. The number of anilines is 1. The van der Waals surface area contributed by atoms with E-state index in [0.29, 0.717) is 5.56 Å². The summed E-state index contributed by atoms with van der Waals surface area (Å²) in [6.07, 6.45) is -4.47. The Morgan fingerprint density at radius 2 is 1.90 bits per heavy atom. The summed E-state index contributed by atoms with van der Waals surface area (Å²) in [4.78, 5) is 13.7. The summed E-state index contributed by atoms with van der Waals surface area (Å²) in [5.74, 6) is -0.420. The van der Waals surface area contributed by atoms with Gasteiger partial charge in [-0.15, -0.1) is 4.40 Å². The third-order valence-corrected chi connectivity index (χ3v) is 5.20. The number of ether oxygens (including phenoxy) is 1. The van der Waals surface area contributed by atoms with Crippen molar-refractivity contribution in [3.8, 4) is 5.75 Å². The van der Waals surface area contributed by atoms with Crippen LogP contribution in [0.15, 0.2) is 57.8 Å². The van der Waals surface area contributed by atoms with Crippen LogP contribution in [0.1, 0.15) is 5.56 Å². The lowest BCUT2D eigenvalue weighted by atomic mass is 10.2. The molecule has 1 heterocycles. The molecule has 0 fully saturated rings. The maximum absolute atomic E-state index is 12.3. The number of likely N-dealkylation sites (N-methyl/N-ethyl adjacent to an activating group) is 1. The number of amidine groups is 1. The van der Waals surface area contributed by atoms with Crippen LogP contribution in [0.5, 0.6) is 5.75 Å². The van der Waals surface area contributed by atoms with Crippen molar-refractivity contribution in [3.63, 3.8) is 0 Å². The molecule has 1 aliphatic heterocycles. The Kier molecular flexibility index (Phi) is 5.51. The van der Waals surface area contributed by atoms with Gasteiger partial charge < -0.3 is 15.0 Å². The molecule has 1 amide bonds. The number of nitrogens with zero attached hydrogens (tertiary/aromatic N) is 2. The molecule has 2 aromatic rings. The molecule has 1 aliphatic rings. The second kappa shape index (κ2) is 7.74. The van der Waals surface area contributed by atoms with Crippen molar-refractivity contribution in [3.05, 3.63) is 54.1 Å². The van der Waals surface area contributed by atoms with Gasteiger partial charge in [-0.2, -0.15) is 21.6 Å². The summed E-state index contributed by atoms with van der Waals surface area (Å²) in [6.45, 7) is -1.67. The van der Waals surface area contributed by atoms with Crippen molar-refractivity contribution >= 4 is 27.5 Å². The Morgan fingerprint density at radius 3 is 2.62 bits per heavy atom. The van der Waals surface area contributed by atoms with Crippen molar-refractivity contribution in [1.29, 1.82) is 0 Å². The van der Waals surface area contributed by atoms with E-state index in [9.17, 15) is 26.4 Å². The third-order valence-electron chi connectivity index (χ3n) is 3.88. The zero-order chi connectivity index (χ0) is 21.2. The predicted molar refractivity (Wildman–Crippen MR) is 99.4 cm³/mol. The summed E-state index contributed by atoms with van der Waals surface area (Å²) in [5.41, 5.74) is 0.634. The van der Waals surface area contributed by atoms with E-state index in [4.69, 9.17) is 0 Å². The first-order valence-corrected chi connectivity index (χ1v) is 9.74. The topological polar surface area (TPSA) is 88.1 Å². The number of benzene rings is 2. The van der Waals surface area contributed by atoms with Crippen LogP contribution in [0, 0.1) is 0 Å². The van der Waals surface area contributed by atoms with Gasteiger partial charge in [0.2, 0.25) is 5.91 Å². The van der Waals surface area contributed by atoms with Gasteiger partial charge in [0.25, 0.3) is 10.0 Å². The standard InChI is InChI=1S/C18H16F3N3O4S/c1-24(17-14-7-2-3-8-15(14)29(26,27)23-17)10-16(25)22-12-5-4-6-13(9-12)28-11-18(19,20)21/h2-9H,10-11H2,1H3,(H,22,25). The fraction of sp³-hybridized carbons (Fsp3) is 0.222. The minimum absolute atomic E-state index is 0.0475. The molecule has 0 saturated heterocycles. The number of sulfonamides is 1. The van der Waals surface area contributed by atoms with Crippen LogP contribution < -0.4 is 10.1 Å². The SMILES string of the molecule is CN(CC(=O)Nc1cccc(OCC(F)(F)F)c1)C1=NS(=O)(=O)c2ccccc21. The van der Waals surface area contributed by atoms with Gasteiger partial charge in [0.1, 0.15) is 10.6 Å². The van der Waals surface area contributed by atoms with Gasteiger partial charge in [-0.05, 0) is 24.3 Å². The van der Waals surface area contributed by atoms with Crippen LogP contribution in [0.3, 0.4) is 0 Å². The Bertz CT molecular complexity index is 1070. The van der Waals surface area contributed by atoms with E-state index in [1.807, 2.05) is 0 Å². The average Bonchev–Trinajstić information content (AvgIpc) is 2.91. The number of amides is 1. The molecule has 0 atom stereocenters. The number of carbonyl (C=O) groups excluding carboxylic acids is 1. The summed E-state index contributed by atoms with van der Waals surface area (Å²) in [6, 6.07) is 11.8. The molecular formula is C18H16F3N3O4S. The molecule has 1 N–H and O–H groups in total. The molecule has 0 unspecified atom stereocenters. The molecule has 0 aromatic heterocycles. The number of alkyl halides is 3. The zero-order valence-electron chi connectivity index (χ0n) is 15.1. The maximum atomic E-state index is 12.3. The minimum Gasteiger partial charge on any atom is -0.484 e. The van der Waals surface area contributed by atoms with Gasteiger partial charge in [-0.3, -0.25) is 4.79 Å². The molecule has 0 bridgehead atoms. The molecule has 0 radical (unpaired) electrons. The van der Waals surface area contributed by atoms with Crippen LogP contribution in [0.4, 0.5) is 18.9 Å². The molecule has 2 aromatic carbocycles. The number of fused-ring (bicyclic) bond motifs is 1. The number of rotatable bonds is 5. The third kappa shape index (κ3) is 5.05. The van der Waals surface area contributed by atoms with Crippen molar-refractivity contribution in [2.24, 2.45) is 4.40 Å². The van der Waals surface area contributed by atoms with Gasteiger partial charge in [-0.25, -0.2) is 0 Å². The van der Waals surface area contributed by atoms with Gasteiger partial charge in [-0.1, -0.05) is 18.2 Å². The smallest absolute Gasteiger partial charge is 0.422 e. The van der Waals surface area contributed by atoms with Crippen molar-refractivity contribution in [2.75, 3.05) is 25.5 Å². The minimum atomic E-state index is -4.47. The van der Waals surface area contributed by atoms with E-state index in [2.05, 4.69) is 14.5 Å². The molecule has 0 saturated carbocycles. The molecule has 3 rings (SSSR count). The highest BCUT2D eigenvalue weighted by Crippen LogP contribution is 2.27. The molecular weight excluding hydrogens is 411 g/mol. The lowest BCUT2D eigenvalue weighted by Gasteiger charge is -2.18. The highest BCUT2D eigenvalue weighted by atomic mass is 32.2. The van der Waals surface area contributed by atoms with Crippen molar-refractivity contribution in [1.82, 2.24) is 4.90 Å². The Balaban J connectivity index is 1.66. The van der Waals surface area contributed by atoms with E-state index in [1.165, 1.54) is 42.3 Å². The van der Waals surface area contributed by atoms with Crippen LogP contribution >= 0.6 is 0 Å². The molecule has 0 aliphatic carbocycles. The number of carbonyl (C=O) groups is 1. The van der Waals surface area contributed by atoms with Crippen molar-refractivity contribution < 1.29 is 31.1 Å². The molecule has 0 spiro atoms. The fourth-order valence-corrected chi connectivity index (χ4v) is 3.93. The maximum Gasteiger partial charge on any atom is 0.422 e. The van der Waals surface area contributed by atoms with E-state index >= 15 is 0 Å². The highest BCUT2D eigenvalue weighted by molar-refractivity contribution is 7.90. The van der Waals surface area contributed by atoms with E-state index in [-0.39, 0.29) is 28.7 Å². The monoisotopic (exact) mass is 427 g/mol. The van der Waals surface area contributed by atoms with Gasteiger partial charge in [0.05, 0.1) is 6.54 Å². The number of nitrogens with one attached hydrogen (secondary N) is 1. The quantitative estimate of drug-likeness (QED) is 0.793. The van der Waals surface area contributed by atoms with Gasteiger partial charge in [0.15, 0.2) is 12.4 Å². The molecule has 29 heavy (non-hydrogen) atoms. The summed E-state index contributed by atoms with van der Waals surface area (Å²) in [7, 11) is -2.30. The first-order valence-electron chi connectivity index (χ1n) is 8.30. The van der Waals surface area contributed by atoms with Gasteiger partial charge >= 0.3 is 6.18 Å². The Morgan fingerprint density at radius 1 is 1.17 bits per heavy atom. The molecule has 11 heteroatoms. The highest BCUT2D eigenvalue weighted by Gasteiger charge is 2.31. The van der Waals surface area contributed by atoms with Gasteiger partial charge in [0, 0.05) is 24.4 Å². The molecule has 7 nitrogen and oxygen atoms in total. The molecule has 154 valence electrons. The normalized spacial score (nSPS) is 14.7. The fourth-order valence-electron chi connectivity index (χ4n) is 2.68. The van der Waals surface area contributed by atoms with Crippen LogP contribution in [-0.2, 0) is 14.8 Å². The first kappa shape index (κ1) is 20.6. The van der Waals surface area contributed by atoms with E-state index < -0.39 is 28.7 Å². The summed E-state index contributed by atoms with van der Waals surface area (Å²) in [5, 5.41) is 2.53. The second-order valence-corrected chi connectivity index (χ2v) is 7.79. The number of hydrogen-bond acceptors (Lipinski definition) is 5. The Hall–Kier alpha value is -3.08. The summed E-state index contributed by atoms with van der Waals surface area (Å²) >= 11 is 0. The lowest BCUT2D eigenvalue weighted by Crippen LogP contribution is -2.34. The zero-order valence-corrected chi connectivity index (χ0v) is 15.9. The van der Waals surface area contributed by atoms with Crippen molar-refractivity contribution in [2.45, 2.75) is 11.1 Å². The van der Waals surface area contributed by atoms with Crippen LogP contribution in [-0.4, -0.2) is 51.4 Å². The predicted octanol–water partition coefficient (Wildman–Crippen LogP) is 2.65. The van der Waals surface area contributed by atoms with E-state index in [1.54, 1.807) is 18.2 Å².